The quantitative estimate of drug-likeness (QED) is 0.422. The van der Waals surface area contributed by atoms with E-state index in [0.717, 1.165) is 18.5 Å². The van der Waals surface area contributed by atoms with Gasteiger partial charge in [0.15, 0.2) is 0 Å². The molecule has 6 nitrogen and oxygen atoms in total. The summed E-state index contributed by atoms with van der Waals surface area (Å²) in [5.74, 6) is 0.610. The summed E-state index contributed by atoms with van der Waals surface area (Å²) in [6.45, 7) is 24.4. The minimum absolute atomic E-state index is 0. The smallest absolute Gasteiger partial charge is 0.511 e. The number of hydrogen-bond acceptors (Lipinski definition) is 5. The fraction of sp³-hybridized carbons (Fsp3) is 0.522. The molecule has 166 valence electrons. The Bertz CT molecular complexity index is 616. The molecular formula is C23H36Li2N3O3-3. The molecule has 8 heteroatoms. The number of rotatable bonds is 6. The maximum atomic E-state index is 11.4. The van der Waals surface area contributed by atoms with Gasteiger partial charge in [-0.15, -0.1) is 13.1 Å². The molecule has 1 amide bonds. The maximum absolute atomic E-state index is 11.4. The van der Waals surface area contributed by atoms with E-state index in [9.17, 15) is 4.79 Å². The van der Waals surface area contributed by atoms with E-state index in [2.05, 4.69) is 37.6 Å². The molecule has 2 heterocycles. The number of carbonyl (C=O) groups excluding carboxylic acids is 1. The van der Waals surface area contributed by atoms with E-state index < -0.39 is 5.60 Å². The Morgan fingerprint density at radius 1 is 1.26 bits per heavy atom. The molecule has 1 saturated heterocycles. The molecular weight excluding hydrogens is 380 g/mol. The summed E-state index contributed by atoms with van der Waals surface area (Å²) in [5, 5.41) is 0. The average Bonchev–Trinajstić information content (AvgIpc) is 2.97. The van der Waals surface area contributed by atoms with Crippen molar-refractivity contribution in [1.82, 2.24) is 9.88 Å². The van der Waals surface area contributed by atoms with E-state index in [1.165, 1.54) is 0 Å². The van der Waals surface area contributed by atoms with Crippen molar-refractivity contribution in [3.05, 3.63) is 52.4 Å². The van der Waals surface area contributed by atoms with E-state index in [4.69, 9.17) is 9.47 Å². The van der Waals surface area contributed by atoms with Crippen molar-refractivity contribution in [2.75, 3.05) is 24.6 Å². The fourth-order valence-electron chi connectivity index (χ4n) is 2.93. The van der Waals surface area contributed by atoms with Crippen LogP contribution in [0.1, 0.15) is 40.5 Å². The number of amides is 1. The standard InChI is InChI=1S/C13H17N2O.C10H19NO2.2Li/c1-4-16-13-9-12(7-8-14-13)15-10(2)5-6-11(15)3;1-6-8-11(7-2)9(12)13-10(3,4)5;;/h7-11H,1-6H2;6H,2,7-8H2,1,3-5H3;;/q-3;-2;2*+1. The van der Waals surface area contributed by atoms with Gasteiger partial charge in [-0.25, -0.2) is 9.78 Å². The molecule has 1 aromatic heterocycles. The van der Waals surface area contributed by atoms with Gasteiger partial charge >= 0.3 is 43.8 Å². The summed E-state index contributed by atoms with van der Waals surface area (Å²) < 4.78 is 10.5. The van der Waals surface area contributed by atoms with E-state index in [1.807, 2.05) is 46.2 Å². The van der Waals surface area contributed by atoms with Gasteiger partial charge in [-0.1, -0.05) is 24.9 Å². The molecule has 0 aromatic carbocycles. The summed E-state index contributed by atoms with van der Waals surface area (Å²) in [4.78, 5) is 19.3. The van der Waals surface area contributed by atoms with Crippen LogP contribution in [0, 0.1) is 34.1 Å². The number of aromatic nitrogens is 1. The Kier molecular flexibility index (Phi) is 16.6. The number of anilines is 1. The van der Waals surface area contributed by atoms with Crippen molar-refractivity contribution in [2.24, 2.45) is 0 Å². The van der Waals surface area contributed by atoms with Crippen LogP contribution in [0.4, 0.5) is 10.5 Å². The second-order valence-corrected chi connectivity index (χ2v) is 7.83. The van der Waals surface area contributed by atoms with Gasteiger partial charge in [0.05, 0.1) is 0 Å². The molecule has 2 rings (SSSR count). The molecule has 1 aliphatic rings. The van der Waals surface area contributed by atoms with Crippen molar-refractivity contribution in [1.29, 1.82) is 0 Å². The maximum Gasteiger partial charge on any atom is 1.00 e. The Labute approximate surface area is 214 Å². The summed E-state index contributed by atoms with van der Waals surface area (Å²) >= 11 is 0. The zero-order chi connectivity index (χ0) is 22.0. The van der Waals surface area contributed by atoms with Crippen LogP contribution in [0.2, 0.25) is 0 Å². The van der Waals surface area contributed by atoms with Gasteiger partial charge in [-0.3, -0.25) is 0 Å². The molecule has 1 aromatic rings. The van der Waals surface area contributed by atoms with Crippen LogP contribution >= 0.6 is 0 Å². The van der Waals surface area contributed by atoms with E-state index in [-0.39, 0.29) is 55.9 Å². The Hall–Kier alpha value is -0.785. The summed E-state index contributed by atoms with van der Waals surface area (Å²) in [6.07, 6.45) is 5.51. The molecule has 0 saturated carbocycles. The first-order valence-electron chi connectivity index (χ1n) is 10.0. The van der Waals surface area contributed by atoms with Crippen LogP contribution < -0.4 is 47.4 Å². The summed E-state index contributed by atoms with van der Waals surface area (Å²) in [6, 6.07) is 4.47. The summed E-state index contributed by atoms with van der Waals surface area (Å²) in [5.41, 5.74) is 0.647. The molecule has 1 fully saturated rings. The number of pyridine rings is 1. The van der Waals surface area contributed by atoms with Crippen molar-refractivity contribution in [3.8, 4) is 5.88 Å². The van der Waals surface area contributed by atoms with Gasteiger partial charge in [-0.05, 0) is 33.4 Å². The van der Waals surface area contributed by atoms with Crippen LogP contribution in [0.15, 0.2) is 18.3 Å². The van der Waals surface area contributed by atoms with Crippen molar-refractivity contribution < 1.29 is 52.0 Å². The third kappa shape index (κ3) is 11.6. The first kappa shape index (κ1) is 32.4. The average molecular weight is 416 g/mol. The molecule has 2 unspecified atom stereocenters. The van der Waals surface area contributed by atoms with Crippen LogP contribution in [-0.4, -0.2) is 53.4 Å². The Balaban J connectivity index is 0. The van der Waals surface area contributed by atoms with Crippen LogP contribution in [0.5, 0.6) is 5.88 Å². The SMILES string of the molecule is [CH2-]CN(C[CH-]C)C(=O)OC(C)(C)C.[CH2-]COc1cc(N2C([CH2-])CCC2[CH2-])ccn1.[Li+].[Li+]. The third-order valence-corrected chi connectivity index (χ3v) is 4.21. The van der Waals surface area contributed by atoms with Gasteiger partial charge in [0.1, 0.15) is 5.60 Å². The number of nitrogens with zero attached hydrogens (tertiary/aromatic N) is 3. The second kappa shape index (κ2) is 15.9. The van der Waals surface area contributed by atoms with Crippen LogP contribution in [0.3, 0.4) is 0 Å². The minimum atomic E-state index is -0.432. The molecule has 0 aliphatic carbocycles. The van der Waals surface area contributed by atoms with E-state index >= 15 is 0 Å². The predicted molar refractivity (Wildman–Crippen MR) is 118 cm³/mol. The molecule has 0 radical (unpaired) electrons. The molecule has 0 N–H and O–H groups in total. The number of hydrogen-bond donors (Lipinski definition) is 0. The molecule has 0 spiro atoms. The van der Waals surface area contributed by atoms with E-state index in [1.54, 1.807) is 11.1 Å². The first-order valence-corrected chi connectivity index (χ1v) is 10.0. The van der Waals surface area contributed by atoms with Gasteiger partial charge < -0.3 is 53.4 Å². The van der Waals surface area contributed by atoms with Crippen LogP contribution in [-0.2, 0) is 4.74 Å². The number of ether oxygens (including phenoxy) is 2. The van der Waals surface area contributed by atoms with E-state index in [0.29, 0.717) is 25.6 Å². The normalized spacial score (nSPS) is 17.5. The topological polar surface area (TPSA) is 54.9 Å². The summed E-state index contributed by atoms with van der Waals surface area (Å²) in [7, 11) is 0. The van der Waals surface area contributed by atoms with Crippen molar-refractivity contribution >= 4 is 11.8 Å². The van der Waals surface area contributed by atoms with Gasteiger partial charge in [0.25, 0.3) is 0 Å². The van der Waals surface area contributed by atoms with Gasteiger partial charge in [-0.2, -0.15) is 6.92 Å². The second-order valence-electron chi connectivity index (χ2n) is 7.83. The van der Waals surface area contributed by atoms with Gasteiger partial charge in [0, 0.05) is 18.0 Å². The largest absolute Gasteiger partial charge is 1.00 e. The van der Waals surface area contributed by atoms with Crippen molar-refractivity contribution in [3.63, 3.8) is 0 Å². The Morgan fingerprint density at radius 2 is 1.84 bits per heavy atom. The molecule has 2 atom stereocenters. The monoisotopic (exact) mass is 416 g/mol. The zero-order valence-corrected chi connectivity index (χ0v) is 20.4. The molecule has 31 heavy (non-hydrogen) atoms. The first-order chi connectivity index (χ1) is 13.6. The van der Waals surface area contributed by atoms with Gasteiger partial charge in [0.2, 0.25) is 5.88 Å². The van der Waals surface area contributed by atoms with Crippen LogP contribution in [0.25, 0.3) is 0 Å². The van der Waals surface area contributed by atoms with Crippen molar-refractivity contribution in [2.45, 2.75) is 58.2 Å². The Morgan fingerprint density at radius 3 is 2.29 bits per heavy atom. The molecule has 1 aliphatic heterocycles. The predicted octanol–water partition coefficient (Wildman–Crippen LogP) is -1.41. The minimum Gasteiger partial charge on any atom is -0.511 e. The third-order valence-electron chi connectivity index (χ3n) is 4.21. The number of carbonyl (C=O) groups is 1. The zero-order valence-electron chi connectivity index (χ0n) is 20.4. The molecule has 0 bridgehead atoms. The fourth-order valence-corrected chi connectivity index (χ4v) is 2.93.